The van der Waals surface area contributed by atoms with Crippen LogP contribution in [0.25, 0.3) is 0 Å². The molecule has 0 aromatic heterocycles. The van der Waals surface area contributed by atoms with Crippen molar-refractivity contribution < 1.29 is 24.2 Å². The van der Waals surface area contributed by atoms with Crippen LogP contribution in [0.15, 0.2) is 18.2 Å². The van der Waals surface area contributed by atoms with Crippen molar-refractivity contribution in [1.29, 1.82) is 0 Å². The number of carboxylic acids is 1. The van der Waals surface area contributed by atoms with Crippen molar-refractivity contribution in [3.8, 4) is 5.75 Å². The van der Waals surface area contributed by atoms with Crippen molar-refractivity contribution in [2.24, 2.45) is 5.41 Å². The van der Waals surface area contributed by atoms with Crippen LogP contribution in [0.1, 0.15) is 36.5 Å². The summed E-state index contributed by atoms with van der Waals surface area (Å²) in [7, 11) is 0. The Labute approximate surface area is 122 Å². The number of phenols is 1. The van der Waals surface area contributed by atoms with Gasteiger partial charge < -0.3 is 15.1 Å². The summed E-state index contributed by atoms with van der Waals surface area (Å²) in [5.74, 6) is -2.37. The number of nitrogens with zero attached hydrogens (tertiary/aromatic N) is 1. The monoisotopic (exact) mass is 295 g/mol. The van der Waals surface area contributed by atoms with Crippen molar-refractivity contribution in [3.63, 3.8) is 0 Å². The molecule has 0 saturated carbocycles. The van der Waals surface area contributed by atoms with E-state index in [2.05, 4.69) is 0 Å². The number of rotatable bonds is 4. The Morgan fingerprint density at radius 1 is 1.43 bits per heavy atom. The number of phenolic OH excluding ortho intramolecular Hbond substituents is 1. The molecule has 0 radical (unpaired) electrons. The number of amides is 1. The molecule has 21 heavy (non-hydrogen) atoms. The van der Waals surface area contributed by atoms with Crippen LogP contribution in [0.5, 0.6) is 5.75 Å². The van der Waals surface area contributed by atoms with E-state index in [0.29, 0.717) is 25.8 Å². The number of carbonyl (C=O) groups excluding carboxylic acids is 1. The molecule has 0 spiro atoms. The molecule has 1 saturated heterocycles. The number of hydrogen-bond acceptors (Lipinski definition) is 3. The number of carbonyl (C=O) groups is 2. The number of aliphatic carboxylic acids is 1. The van der Waals surface area contributed by atoms with Crippen LogP contribution in [0.2, 0.25) is 0 Å². The number of aromatic hydroxyl groups is 1. The van der Waals surface area contributed by atoms with Gasteiger partial charge in [-0.3, -0.25) is 9.59 Å². The molecule has 1 aliphatic heterocycles. The van der Waals surface area contributed by atoms with Gasteiger partial charge in [-0.1, -0.05) is 13.3 Å². The zero-order valence-corrected chi connectivity index (χ0v) is 11.8. The lowest BCUT2D eigenvalue weighted by atomic mass is 9.83. The molecule has 1 amide bonds. The van der Waals surface area contributed by atoms with E-state index in [1.807, 2.05) is 6.92 Å². The van der Waals surface area contributed by atoms with Crippen LogP contribution in [-0.2, 0) is 4.79 Å². The molecule has 1 fully saturated rings. The molecule has 2 rings (SSSR count). The number of hydrogen-bond donors (Lipinski definition) is 2. The van der Waals surface area contributed by atoms with Crippen molar-refractivity contribution in [3.05, 3.63) is 29.6 Å². The summed E-state index contributed by atoms with van der Waals surface area (Å²) < 4.78 is 13.2. The fraction of sp³-hybridized carbons (Fsp3) is 0.467. The summed E-state index contributed by atoms with van der Waals surface area (Å²) in [6.45, 7) is 2.28. The third-order valence-corrected chi connectivity index (χ3v) is 4.01. The summed E-state index contributed by atoms with van der Waals surface area (Å²) in [6, 6.07) is 3.15. The summed E-state index contributed by atoms with van der Waals surface area (Å²) in [4.78, 5) is 25.2. The van der Waals surface area contributed by atoms with Gasteiger partial charge >= 0.3 is 5.97 Å². The van der Waals surface area contributed by atoms with Gasteiger partial charge in [0.05, 0.1) is 11.0 Å². The maximum Gasteiger partial charge on any atom is 0.311 e. The molecule has 2 N–H and O–H groups in total. The number of halogens is 1. The Morgan fingerprint density at radius 3 is 2.76 bits per heavy atom. The predicted octanol–water partition coefficient (Wildman–Crippen LogP) is 2.25. The second-order valence-electron chi connectivity index (χ2n) is 5.47. The standard InChI is InChI=1S/C15H18FNO4/c1-2-5-15(14(20)21)6-7-17(9-15)13(19)11-8-10(16)3-4-12(11)18/h3-4,8,18H,2,5-7,9H2,1H3,(H,20,21). The van der Waals surface area contributed by atoms with Gasteiger partial charge in [-0.2, -0.15) is 0 Å². The average molecular weight is 295 g/mol. The third kappa shape index (κ3) is 2.84. The Kier molecular flexibility index (Phi) is 4.16. The lowest BCUT2D eigenvalue weighted by Crippen LogP contribution is -2.37. The maximum atomic E-state index is 13.2. The van der Waals surface area contributed by atoms with Gasteiger partial charge in [0.2, 0.25) is 0 Å². The van der Waals surface area contributed by atoms with E-state index >= 15 is 0 Å². The molecule has 1 unspecified atom stereocenters. The minimum atomic E-state index is -0.937. The second kappa shape index (κ2) is 5.71. The third-order valence-electron chi connectivity index (χ3n) is 4.01. The molecule has 5 nitrogen and oxygen atoms in total. The Morgan fingerprint density at radius 2 is 2.14 bits per heavy atom. The SMILES string of the molecule is CCCC1(C(=O)O)CCN(C(=O)c2cc(F)ccc2O)C1. The van der Waals surface area contributed by atoms with Crippen LogP contribution >= 0.6 is 0 Å². The van der Waals surface area contributed by atoms with E-state index in [1.165, 1.54) is 4.90 Å². The summed E-state index contributed by atoms with van der Waals surface area (Å²) in [6.07, 6.45) is 1.57. The Hall–Kier alpha value is -2.11. The van der Waals surface area contributed by atoms with Crippen LogP contribution in [0.4, 0.5) is 4.39 Å². The fourth-order valence-corrected chi connectivity index (χ4v) is 2.86. The lowest BCUT2D eigenvalue weighted by molar-refractivity contribution is -0.148. The van der Waals surface area contributed by atoms with Crippen LogP contribution < -0.4 is 0 Å². The zero-order valence-electron chi connectivity index (χ0n) is 11.8. The van der Waals surface area contributed by atoms with Gasteiger partial charge in [0.15, 0.2) is 0 Å². The Balaban J connectivity index is 2.22. The first-order valence-electron chi connectivity index (χ1n) is 6.91. The molecule has 1 aromatic rings. The quantitative estimate of drug-likeness (QED) is 0.893. The van der Waals surface area contributed by atoms with E-state index in [-0.39, 0.29) is 17.9 Å². The minimum Gasteiger partial charge on any atom is -0.507 e. The van der Waals surface area contributed by atoms with Gasteiger partial charge in [-0.25, -0.2) is 4.39 Å². The smallest absolute Gasteiger partial charge is 0.311 e. The fourth-order valence-electron chi connectivity index (χ4n) is 2.86. The molecule has 1 aromatic carbocycles. The number of benzene rings is 1. The zero-order chi connectivity index (χ0) is 15.6. The molecule has 0 bridgehead atoms. The highest BCUT2D eigenvalue weighted by molar-refractivity contribution is 5.97. The molecular weight excluding hydrogens is 277 g/mol. The molecule has 1 atom stereocenters. The van der Waals surface area contributed by atoms with E-state index in [0.717, 1.165) is 18.2 Å². The largest absolute Gasteiger partial charge is 0.507 e. The second-order valence-corrected chi connectivity index (χ2v) is 5.47. The first-order chi connectivity index (χ1) is 9.89. The van der Waals surface area contributed by atoms with E-state index in [9.17, 15) is 24.2 Å². The molecule has 6 heteroatoms. The van der Waals surface area contributed by atoms with E-state index < -0.39 is 23.1 Å². The van der Waals surface area contributed by atoms with Gasteiger partial charge in [0.25, 0.3) is 5.91 Å². The molecule has 1 heterocycles. The summed E-state index contributed by atoms with van der Waals surface area (Å²) in [5.41, 5.74) is -1.07. The first-order valence-corrected chi connectivity index (χ1v) is 6.91. The number of carboxylic acid groups (broad SMARTS) is 1. The van der Waals surface area contributed by atoms with Crippen molar-refractivity contribution in [2.45, 2.75) is 26.2 Å². The topological polar surface area (TPSA) is 77.8 Å². The highest BCUT2D eigenvalue weighted by Crippen LogP contribution is 2.36. The van der Waals surface area contributed by atoms with Gasteiger partial charge in [0.1, 0.15) is 11.6 Å². The molecular formula is C15H18FNO4. The average Bonchev–Trinajstić information content (AvgIpc) is 2.87. The van der Waals surface area contributed by atoms with Crippen LogP contribution in [0, 0.1) is 11.2 Å². The van der Waals surface area contributed by atoms with Crippen LogP contribution in [0.3, 0.4) is 0 Å². The molecule has 0 aliphatic carbocycles. The van der Waals surface area contributed by atoms with Crippen molar-refractivity contribution in [1.82, 2.24) is 4.90 Å². The highest BCUT2D eigenvalue weighted by atomic mass is 19.1. The minimum absolute atomic E-state index is 0.0883. The van der Waals surface area contributed by atoms with E-state index in [4.69, 9.17) is 0 Å². The lowest BCUT2D eigenvalue weighted by Gasteiger charge is -2.24. The molecule has 1 aliphatic rings. The molecule has 114 valence electrons. The van der Waals surface area contributed by atoms with Gasteiger partial charge in [0, 0.05) is 13.1 Å². The Bertz CT molecular complexity index is 575. The van der Waals surface area contributed by atoms with Crippen LogP contribution in [-0.4, -0.2) is 40.1 Å². The van der Waals surface area contributed by atoms with Gasteiger partial charge in [-0.05, 0) is 31.0 Å². The maximum absolute atomic E-state index is 13.2. The van der Waals surface area contributed by atoms with Gasteiger partial charge in [-0.15, -0.1) is 0 Å². The number of likely N-dealkylation sites (tertiary alicyclic amines) is 1. The van der Waals surface area contributed by atoms with Crippen molar-refractivity contribution in [2.75, 3.05) is 13.1 Å². The van der Waals surface area contributed by atoms with E-state index in [1.54, 1.807) is 0 Å². The van der Waals surface area contributed by atoms with Crippen molar-refractivity contribution >= 4 is 11.9 Å². The first kappa shape index (κ1) is 15.3. The highest BCUT2D eigenvalue weighted by Gasteiger charge is 2.45. The predicted molar refractivity (Wildman–Crippen MR) is 73.6 cm³/mol. The normalized spacial score (nSPS) is 21.5. The summed E-state index contributed by atoms with van der Waals surface area (Å²) in [5, 5.41) is 19.1. The summed E-state index contributed by atoms with van der Waals surface area (Å²) >= 11 is 0.